The summed E-state index contributed by atoms with van der Waals surface area (Å²) < 4.78 is 10.7. The van der Waals surface area contributed by atoms with E-state index in [0.717, 1.165) is 13.1 Å². The van der Waals surface area contributed by atoms with Gasteiger partial charge in [0.2, 0.25) is 5.91 Å². The van der Waals surface area contributed by atoms with Crippen molar-refractivity contribution in [2.75, 3.05) is 33.4 Å². The maximum atomic E-state index is 11.5. The van der Waals surface area contributed by atoms with Gasteiger partial charge in [0.25, 0.3) is 0 Å². The van der Waals surface area contributed by atoms with E-state index >= 15 is 0 Å². The SMILES string of the molecule is CCNCCNC(=O)CCOc1ccccc1OC.Cl. The largest absolute Gasteiger partial charge is 0.493 e. The predicted molar refractivity (Wildman–Crippen MR) is 81.9 cm³/mol. The van der Waals surface area contributed by atoms with Crippen LogP contribution in [0.25, 0.3) is 0 Å². The normalized spacial score (nSPS) is 9.50. The molecule has 0 saturated heterocycles. The van der Waals surface area contributed by atoms with Crippen molar-refractivity contribution in [3.05, 3.63) is 24.3 Å². The molecule has 0 fully saturated rings. The molecule has 0 saturated carbocycles. The van der Waals surface area contributed by atoms with Crippen molar-refractivity contribution in [1.82, 2.24) is 10.6 Å². The highest BCUT2D eigenvalue weighted by molar-refractivity contribution is 5.85. The van der Waals surface area contributed by atoms with Gasteiger partial charge >= 0.3 is 0 Å². The lowest BCUT2D eigenvalue weighted by Gasteiger charge is -2.10. The zero-order valence-corrected chi connectivity index (χ0v) is 12.8. The number of para-hydroxylation sites is 2. The zero-order valence-electron chi connectivity index (χ0n) is 12.0. The minimum atomic E-state index is -0.00667. The smallest absolute Gasteiger partial charge is 0.223 e. The van der Waals surface area contributed by atoms with Crippen molar-refractivity contribution in [2.24, 2.45) is 0 Å². The van der Waals surface area contributed by atoms with Crippen LogP contribution >= 0.6 is 12.4 Å². The first kappa shape index (κ1) is 18.5. The number of carbonyl (C=O) groups is 1. The number of methoxy groups -OCH3 is 1. The highest BCUT2D eigenvalue weighted by Crippen LogP contribution is 2.25. The number of hydrogen-bond acceptors (Lipinski definition) is 4. The molecule has 0 aromatic heterocycles. The highest BCUT2D eigenvalue weighted by atomic mass is 35.5. The van der Waals surface area contributed by atoms with Crippen LogP contribution in [-0.4, -0.2) is 39.3 Å². The first-order chi connectivity index (χ1) is 9.27. The van der Waals surface area contributed by atoms with Crippen LogP contribution in [0.5, 0.6) is 11.5 Å². The van der Waals surface area contributed by atoms with Crippen molar-refractivity contribution < 1.29 is 14.3 Å². The van der Waals surface area contributed by atoms with Gasteiger partial charge in [-0.05, 0) is 18.7 Å². The van der Waals surface area contributed by atoms with E-state index in [1.54, 1.807) is 7.11 Å². The maximum absolute atomic E-state index is 11.5. The predicted octanol–water partition coefficient (Wildman–Crippen LogP) is 1.61. The Labute approximate surface area is 126 Å². The van der Waals surface area contributed by atoms with E-state index in [1.807, 2.05) is 31.2 Å². The Hall–Kier alpha value is -1.46. The van der Waals surface area contributed by atoms with Crippen LogP contribution in [0.2, 0.25) is 0 Å². The number of nitrogens with one attached hydrogen (secondary N) is 2. The summed E-state index contributed by atoms with van der Waals surface area (Å²) in [6, 6.07) is 7.39. The van der Waals surface area contributed by atoms with Crippen LogP contribution in [0.15, 0.2) is 24.3 Å². The quantitative estimate of drug-likeness (QED) is 0.681. The molecule has 0 radical (unpaired) electrons. The molecular weight excluding hydrogens is 280 g/mol. The summed E-state index contributed by atoms with van der Waals surface area (Å²) in [5.41, 5.74) is 0. The molecule has 1 rings (SSSR count). The Kier molecular flexibility index (Phi) is 10.5. The summed E-state index contributed by atoms with van der Waals surface area (Å²) in [6.45, 7) is 4.71. The van der Waals surface area contributed by atoms with Gasteiger partial charge < -0.3 is 20.1 Å². The number of halogens is 1. The van der Waals surface area contributed by atoms with Crippen LogP contribution in [0.4, 0.5) is 0 Å². The van der Waals surface area contributed by atoms with Crippen LogP contribution in [0, 0.1) is 0 Å². The molecule has 0 atom stereocenters. The van der Waals surface area contributed by atoms with Gasteiger partial charge in [0.1, 0.15) is 0 Å². The van der Waals surface area contributed by atoms with Gasteiger partial charge in [0.05, 0.1) is 20.1 Å². The van der Waals surface area contributed by atoms with E-state index in [1.165, 1.54) is 0 Å². The molecule has 0 aliphatic heterocycles. The number of hydrogen-bond donors (Lipinski definition) is 2. The minimum Gasteiger partial charge on any atom is -0.493 e. The Morgan fingerprint density at radius 2 is 1.90 bits per heavy atom. The third-order valence-electron chi connectivity index (χ3n) is 2.53. The molecule has 0 aliphatic carbocycles. The minimum absolute atomic E-state index is 0. The zero-order chi connectivity index (χ0) is 13.9. The molecule has 5 nitrogen and oxygen atoms in total. The van der Waals surface area contributed by atoms with Crippen molar-refractivity contribution >= 4 is 18.3 Å². The fourth-order valence-corrected chi connectivity index (χ4v) is 1.55. The number of benzene rings is 1. The lowest BCUT2D eigenvalue weighted by Crippen LogP contribution is -2.32. The summed E-state index contributed by atoms with van der Waals surface area (Å²) in [5.74, 6) is 1.33. The fraction of sp³-hybridized carbons (Fsp3) is 0.500. The molecule has 1 aromatic carbocycles. The number of amides is 1. The summed E-state index contributed by atoms with van der Waals surface area (Å²) >= 11 is 0. The van der Waals surface area contributed by atoms with Crippen molar-refractivity contribution in [3.63, 3.8) is 0 Å². The van der Waals surface area contributed by atoms with Crippen LogP contribution in [0.1, 0.15) is 13.3 Å². The van der Waals surface area contributed by atoms with Crippen LogP contribution < -0.4 is 20.1 Å². The van der Waals surface area contributed by atoms with Crippen molar-refractivity contribution in [1.29, 1.82) is 0 Å². The molecule has 0 bridgehead atoms. The van der Waals surface area contributed by atoms with Crippen molar-refractivity contribution in [2.45, 2.75) is 13.3 Å². The molecule has 20 heavy (non-hydrogen) atoms. The van der Waals surface area contributed by atoms with Crippen molar-refractivity contribution in [3.8, 4) is 11.5 Å². The molecule has 0 heterocycles. The standard InChI is InChI=1S/C14H22N2O3.ClH/c1-3-15-9-10-16-14(17)8-11-19-13-7-5-4-6-12(13)18-2;/h4-7,15H,3,8-11H2,1-2H3,(H,16,17);1H. The Balaban J connectivity index is 0.00000361. The van der Waals surface area contributed by atoms with Gasteiger partial charge in [0, 0.05) is 13.1 Å². The van der Waals surface area contributed by atoms with E-state index in [0.29, 0.717) is 31.1 Å². The van der Waals surface area contributed by atoms with E-state index < -0.39 is 0 Å². The second-order valence-electron chi connectivity index (χ2n) is 3.95. The number of likely N-dealkylation sites (N-methyl/N-ethyl adjacent to an activating group) is 1. The topological polar surface area (TPSA) is 59.6 Å². The monoisotopic (exact) mass is 302 g/mol. The second kappa shape index (κ2) is 11.4. The first-order valence-electron chi connectivity index (χ1n) is 6.51. The third-order valence-corrected chi connectivity index (χ3v) is 2.53. The molecule has 0 aliphatic rings. The molecule has 1 aromatic rings. The van der Waals surface area contributed by atoms with E-state index in [9.17, 15) is 4.79 Å². The highest BCUT2D eigenvalue weighted by Gasteiger charge is 2.04. The molecule has 6 heteroatoms. The summed E-state index contributed by atoms with van der Waals surface area (Å²) in [6.07, 6.45) is 0.337. The van der Waals surface area contributed by atoms with E-state index in [4.69, 9.17) is 9.47 Å². The molecule has 2 N–H and O–H groups in total. The Morgan fingerprint density at radius 3 is 2.55 bits per heavy atom. The van der Waals surface area contributed by atoms with Crippen LogP contribution in [-0.2, 0) is 4.79 Å². The average molecular weight is 303 g/mol. The van der Waals surface area contributed by atoms with Gasteiger partial charge in [-0.2, -0.15) is 0 Å². The molecule has 1 amide bonds. The van der Waals surface area contributed by atoms with E-state index in [2.05, 4.69) is 10.6 Å². The number of ether oxygens (including phenoxy) is 2. The number of carbonyl (C=O) groups excluding carboxylic acids is 1. The Bertz CT molecular complexity index is 388. The van der Waals surface area contributed by atoms with Gasteiger partial charge in [-0.3, -0.25) is 4.79 Å². The molecule has 0 unspecified atom stereocenters. The molecule has 114 valence electrons. The Morgan fingerprint density at radius 1 is 1.20 bits per heavy atom. The maximum Gasteiger partial charge on any atom is 0.223 e. The van der Waals surface area contributed by atoms with Crippen LogP contribution in [0.3, 0.4) is 0 Å². The average Bonchev–Trinajstić information content (AvgIpc) is 2.44. The molecule has 0 spiro atoms. The van der Waals surface area contributed by atoms with E-state index in [-0.39, 0.29) is 18.3 Å². The first-order valence-corrected chi connectivity index (χ1v) is 6.51. The second-order valence-corrected chi connectivity index (χ2v) is 3.95. The third kappa shape index (κ3) is 7.21. The van der Waals surface area contributed by atoms with Gasteiger partial charge in [0.15, 0.2) is 11.5 Å². The molecular formula is C14H23ClN2O3. The van der Waals surface area contributed by atoms with Gasteiger partial charge in [-0.25, -0.2) is 0 Å². The summed E-state index contributed by atoms with van der Waals surface area (Å²) in [5, 5.41) is 5.96. The lowest BCUT2D eigenvalue weighted by atomic mass is 10.3. The van der Waals surface area contributed by atoms with Gasteiger partial charge in [-0.1, -0.05) is 19.1 Å². The fourth-order valence-electron chi connectivity index (χ4n) is 1.55. The summed E-state index contributed by atoms with van der Waals surface area (Å²) in [7, 11) is 1.59. The van der Waals surface area contributed by atoms with Gasteiger partial charge in [-0.15, -0.1) is 12.4 Å². The lowest BCUT2D eigenvalue weighted by molar-refractivity contribution is -0.121. The summed E-state index contributed by atoms with van der Waals surface area (Å²) in [4.78, 5) is 11.5. The number of rotatable bonds is 9.